The lowest BCUT2D eigenvalue weighted by atomic mass is 10.0. The van der Waals surface area contributed by atoms with Gasteiger partial charge in [-0.1, -0.05) is 47.0 Å². The number of carbonyl (C=O) groups excluding carboxylic acids is 1. The summed E-state index contributed by atoms with van der Waals surface area (Å²) >= 11 is 0. The van der Waals surface area contributed by atoms with Gasteiger partial charge in [0.25, 0.3) is 0 Å². The lowest BCUT2D eigenvalue weighted by Crippen LogP contribution is -2.06. The number of unbranched alkanes of at least 4 members (excludes halogenated alkanes) is 4. The minimum Gasteiger partial charge on any atom is -0.381 e. The number of hydrogen-bond acceptors (Lipinski definition) is 2. The third kappa shape index (κ3) is 11.9. The molecule has 0 aliphatic carbocycles. The molecule has 0 saturated heterocycles. The fourth-order valence-electron chi connectivity index (χ4n) is 1.64. The van der Waals surface area contributed by atoms with Gasteiger partial charge in [-0.2, -0.15) is 0 Å². The van der Waals surface area contributed by atoms with E-state index >= 15 is 0 Å². The smallest absolute Gasteiger partial charge is 0.135 e. The minimum absolute atomic E-state index is 0.208. The SMILES string of the molecule is CC(C)COCCCCCCCC(=O)C(C)C. The van der Waals surface area contributed by atoms with Crippen LogP contribution in [0.25, 0.3) is 0 Å². The Morgan fingerprint density at radius 1 is 0.941 bits per heavy atom. The number of hydrogen-bond donors (Lipinski definition) is 0. The van der Waals surface area contributed by atoms with Crippen LogP contribution in [0.5, 0.6) is 0 Å². The number of rotatable bonds is 11. The van der Waals surface area contributed by atoms with Crippen molar-refractivity contribution >= 4 is 5.78 Å². The summed E-state index contributed by atoms with van der Waals surface area (Å²) < 4.78 is 5.52. The summed E-state index contributed by atoms with van der Waals surface area (Å²) in [6, 6.07) is 0. The van der Waals surface area contributed by atoms with Crippen LogP contribution in [-0.4, -0.2) is 19.0 Å². The van der Waals surface area contributed by atoms with Crippen LogP contribution >= 0.6 is 0 Å². The Morgan fingerprint density at radius 3 is 2.12 bits per heavy atom. The van der Waals surface area contributed by atoms with Gasteiger partial charge in [0.15, 0.2) is 0 Å². The zero-order valence-corrected chi connectivity index (χ0v) is 12.1. The Kier molecular flexibility index (Phi) is 10.5. The van der Waals surface area contributed by atoms with E-state index in [1.54, 1.807) is 0 Å². The van der Waals surface area contributed by atoms with E-state index in [9.17, 15) is 4.79 Å². The van der Waals surface area contributed by atoms with Gasteiger partial charge >= 0.3 is 0 Å². The average molecular weight is 242 g/mol. The standard InChI is InChI=1S/C15H30O2/c1-13(2)12-17-11-9-7-5-6-8-10-15(16)14(3)4/h13-14H,5-12H2,1-4H3. The van der Waals surface area contributed by atoms with Crippen molar-refractivity contribution in [3.05, 3.63) is 0 Å². The number of carbonyl (C=O) groups is 1. The van der Waals surface area contributed by atoms with Crippen molar-refractivity contribution in [3.63, 3.8) is 0 Å². The first-order valence-electron chi connectivity index (χ1n) is 7.14. The summed E-state index contributed by atoms with van der Waals surface area (Å²) in [4.78, 5) is 11.4. The second kappa shape index (κ2) is 10.8. The Morgan fingerprint density at radius 2 is 1.53 bits per heavy atom. The van der Waals surface area contributed by atoms with Crippen molar-refractivity contribution in [1.82, 2.24) is 0 Å². The highest BCUT2D eigenvalue weighted by molar-refractivity contribution is 5.80. The molecule has 2 heteroatoms. The van der Waals surface area contributed by atoms with Crippen LogP contribution in [0, 0.1) is 11.8 Å². The quantitative estimate of drug-likeness (QED) is 0.507. The van der Waals surface area contributed by atoms with Gasteiger partial charge in [-0.3, -0.25) is 4.79 Å². The Balaban J connectivity index is 3.11. The van der Waals surface area contributed by atoms with Gasteiger partial charge in [0.05, 0.1) is 0 Å². The summed E-state index contributed by atoms with van der Waals surface area (Å²) in [7, 11) is 0. The lowest BCUT2D eigenvalue weighted by molar-refractivity contribution is -0.122. The molecule has 0 aliphatic rings. The predicted octanol–water partition coefficient (Wildman–Crippen LogP) is 4.22. The highest BCUT2D eigenvalue weighted by Crippen LogP contribution is 2.09. The Hall–Kier alpha value is -0.370. The molecule has 17 heavy (non-hydrogen) atoms. The van der Waals surface area contributed by atoms with Crippen LogP contribution in [0.1, 0.15) is 66.2 Å². The van der Waals surface area contributed by atoms with Gasteiger partial charge in [-0.15, -0.1) is 0 Å². The van der Waals surface area contributed by atoms with Gasteiger partial charge in [0.1, 0.15) is 5.78 Å². The molecule has 0 N–H and O–H groups in total. The molecule has 0 unspecified atom stereocenters. The zero-order valence-electron chi connectivity index (χ0n) is 12.1. The third-order valence-corrected chi connectivity index (χ3v) is 2.81. The molecule has 0 aromatic rings. The molecule has 0 bridgehead atoms. The molecular weight excluding hydrogens is 212 g/mol. The molecule has 2 nitrogen and oxygen atoms in total. The molecule has 0 aromatic heterocycles. The maximum absolute atomic E-state index is 11.4. The zero-order chi connectivity index (χ0) is 13.1. The summed E-state index contributed by atoms with van der Waals surface area (Å²) in [5.41, 5.74) is 0. The fraction of sp³-hybridized carbons (Fsp3) is 0.933. The highest BCUT2D eigenvalue weighted by atomic mass is 16.5. The van der Waals surface area contributed by atoms with Crippen LogP contribution in [0.2, 0.25) is 0 Å². The molecule has 0 aromatic carbocycles. The normalized spacial score (nSPS) is 11.4. The monoisotopic (exact) mass is 242 g/mol. The van der Waals surface area contributed by atoms with Gasteiger partial charge in [-0.05, 0) is 18.8 Å². The number of ether oxygens (including phenoxy) is 1. The van der Waals surface area contributed by atoms with E-state index in [1.165, 1.54) is 19.3 Å². The van der Waals surface area contributed by atoms with E-state index in [2.05, 4.69) is 13.8 Å². The highest BCUT2D eigenvalue weighted by Gasteiger charge is 2.05. The van der Waals surface area contributed by atoms with Gasteiger partial charge in [0.2, 0.25) is 0 Å². The molecule has 0 saturated carbocycles. The lowest BCUT2D eigenvalue weighted by Gasteiger charge is -2.06. The topological polar surface area (TPSA) is 26.3 Å². The third-order valence-electron chi connectivity index (χ3n) is 2.81. The first-order valence-corrected chi connectivity index (χ1v) is 7.14. The van der Waals surface area contributed by atoms with Crippen molar-refractivity contribution in [2.45, 2.75) is 66.2 Å². The Bertz CT molecular complexity index is 185. The van der Waals surface area contributed by atoms with E-state index in [0.29, 0.717) is 11.7 Å². The van der Waals surface area contributed by atoms with E-state index < -0.39 is 0 Å². The molecule has 0 amide bonds. The van der Waals surface area contributed by atoms with E-state index in [-0.39, 0.29) is 5.92 Å². The first-order chi connectivity index (χ1) is 8.04. The van der Waals surface area contributed by atoms with Crippen LogP contribution < -0.4 is 0 Å². The molecule has 0 heterocycles. The molecule has 0 radical (unpaired) electrons. The predicted molar refractivity (Wildman–Crippen MR) is 73.2 cm³/mol. The van der Waals surface area contributed by atoms with E-state index in [1.807, 2.05) is 13.8 Å². The van der Waals surface area contributed by atoms with Gasteiger partial charge < -0.3 is 4.74 Å². The second-order valence-corrected chi connectivity index (χ2v) is 5.61. The van der Waals surface area contributed by atoms with E-state index in [0.717, 1.165) is 32.5 Å². The largest absolute Gasteiger partial charge is 0.381 e. The van der Waals surface area contributed by atoms with Crippen molar-refractivity contribution < 1.29 is 9.53 Å². The molecule has 0 atom stereocenters. The minimum atomic E-state index is 0.208. The van der Waals surface area contributed by atoms with Crippen molar-refractivity contribution in [2.75, 3.05) is 13.2 Å². The van der Waals surface area contributed by atoms with Crippen LogP contribution in [0.3, 0.4) is 0 Å². The van der Waals surface area contributed by atoms with Crippen molar-refractivity contribution in [3.8, 4) is 0 Å². The van der Waals surface area contributed by atoms with Gasteiger partial charge in [0, 0.05) is 25.6 Å². The van der Waals surface area contributed by atoms with Crippen LogP contribution in [-0.2, 0) is 9.53 Å². The second-order valence-electron chi connectivity index (χ2n) is 5.61. The maximum Gasteiger partial charge on any atom is 0.135 e. The summed E-state index contributed by atoms with van der Waals surface area (Å²) in [6.45, 7) is 10.1. The first kappa shape index (κ1) is 16.6. The number of Topliss-reactive ketones (excluding diaryl/α,β-unsaturated/α-hetero) is 1. The molecule has 0 fully saturated rings. The van der Waals surface area contributed by atoms with Crippen LogP contribution in [0.4, 0.5) is 0 Å². The molecule has 0 spiro atoms. The number of ketones is 1. The Labute approximate surface area is 107 Å². The molecular formula is C15H30O2. The molecule has 0 rings (SSSR count). The molecule has 102 valence electrons. The van der Waals surface area contributed by atoms with E-state index in [4.69, 9.17) is 4.74 Å². The summed E-state index contributed by atoms with van der Waals surface area (Å²) in [5, 5.41) is 0. The fourth-order valence-corrected chi connectivity index (χ4v) is 1.64. The summed E-state index contributed by atoms with van der Waals surface area (Å²) in [6.07, 6.45) is 6.63. The maximum atomic E-state index is 11.4. The van der Waals surface area contributed by atoms with Crippen molar-refractivity contribution in [1.29, 1.82) is 0 Å². The van der Waals surface area contributed by atoms with Crippen LogP contribution in [0.15, 0.2) is 0 Å². The van der Waals surface area contributed by atoms with Crippen molar-refractivity contribution in [2.24, 2.45) is 11.8 Å². The molecule has 0 aliphatic heterocycles. The average Bonchev–Trinajstić information content (AvgIpc) is 2.25. The van der Waals surface area contributed by atoms with Gasteiger partial charge in [-0.25, -0.2) is 0 Å². The summed E-state index contributed by atoms with van der Waals surface area (Å²) in [5.74, 6) is 1.25.